The molecular formula is C17H15ClF3N3O3. The summed E-state index contributed by atoms with van der Waals surface area (Å²) in [6.45, 7) is 1.03. The Morgan fingerprint density at radius 3 is 2.52 bits per heavy atom. The van der Waals surface area contributed by atoms with Gasteiger partial charge in [0.2, 0.25) is 0 Å². The van der Waals surface area contributed by atoms with Crippen molar-refractivity contribution >= 4 is 29.2 Å². The zero-order chi connectivity index (χ0) is 20.1. The van der Waals surface area contributed by atoms with E-state index >= 15 is 0 Å². The molecule has 0 saturated carbocycles. The van der Waals surface area contributed by atoms with Crippen LogP contribution in [0.15, 0.2) is 48.8 Å². The lowest BCUT2D eigenvalue weighted by molar-refractivity contribution is -0.204. The first kappa shape index (κ1) is 20.5. The quantitative estimate of drug-likeness (QED) is 0.573. The third-order valence-corrected chi connectivity index (χ3v) is 3.62. The molecular weight excluding hydrogens is 387 g/mol. The second-order valence-corrected chi connectivity index (χ2v) is 5.74. The van der Waals surface area contributed by atoms with Gasteiger partial charge in [-0.2, -0.15) is 13.2 Å². The van der Waals surface area contributed by atoms with Gasteiger partial charge in [-0.25, -0.2) is 4.79 Å². The molecule has 2 N–H and O–H groups in total. The third kappa shape index (κ3) is 4.68. The van der Waals surface area contributed by atoms with Crippen LogP contribution in [0.2, 0.25) is 5.02 Å². The van der Waals surface area contributed by atoms with Gasteiger partial charge in [0.1, 0.15) is 0 Å². The second-order valence-electron chi connectivity index (χ2n) is 5.30. The second kappa shape index (κ2) is 8.26. The van der Waals surface area contributed by atoms with E-state index in [4.69, 9.17) is 11.6 Å². The van der Waals surface area contributed by atoms with Crippen LogP contribution in [0.4, 0.5) is 18.9 Å². The molecule has 10 heteroatoms. The zero-order valence-electron chi connectivity index (χ0n) is 14.0. The van der Waals surface area contributed by atoms with Gasteiger partial charge < -0.3 is 15.4 Å². The molecule has 1 heterocycles. The number of esters is 1. The molecule has 0 bridgehead atoms. The van der Waals surface area contributed by atoms with Gasteiger partial charge in [0, 0.05) is 23.1 Å². The topological polar surface area (TPSA) is 80.3 Å². The first-order valence-electron chi connectivity index (χ1n) is 7.70. The van der Waals surface area contributed by atoms with Crippen LogP contribution in [0.5, 0.6) is 0 Å². The lowest BCUT2D eigenvalue weighted by atomic mass is 10.1. The molecule has 1 atom stereocenters. The number of anilines is 1. The third-order valence-electron chi connectivity index (χ3n) is 3.39. The van der Waals surface area contributed by atoms with Gasteiger partial charge in [-0.1, -0.05) is 17.7 Å². The predicted octanol–water partition coefficient (Wildman–Crippen LogP) is 3.40. The van der Waals surface area contributed by atoms with Crippen LogP contribution >= 0.6 is 11.6 Å². The molecule has 0 aliphatic rings. The average Bonchev–Trinajstić information content (AvgIpc) is 2.61. The van der Waals surface area contributed by atoms with Gasteiger partial charge in [0.05, 0.1) is 12.2 Å². The SMILES string of the molecule is CCOC(=O)C(NC(=O)c1cccnc1)(Nc1cccc(Cl)c1)C(F)(F)F. The Hall–Kier alpha value is -2.81. The number of alkyl halides is 3. The van der Waals surface area contributed by atoms with Gasteiger partial charge >= 0.3 is 17.8 Å². The van der Waals surface area contributed by atoms with Crippen LogP contribution in [-0.4, -0.2) is 35.3 Å². The maximum Gasteiger partial charge on any atom is 0.441 e. The fraction of sp³-hybridized carbons (Fsp3) is 0.235. The number of benzene rings is 1. The summed E-state index contributed by atoms with van der Waals surface area (Å²) in [7, 11) is 0. The summed E-state index contributed by atoms with van der Waals surface area (Å²) in [5.41, 5.74) is -3.83. The number of pyridine rings is 1. The molecule has 0 saturated heterocycles. The van der Waals surface area contributed by atoms with Crippen LogP contribution < -0.4 is 10.6 Å². The molecule has 0 aliphatic carbocycles. The number of hydrogen-bond donors (Lipinski definition) is 2. The van der Waals surface area contributed by atoms with Gasteiger partial charge in [-0.05, 0) is 37.3 Å². The van der Waals surface area contributed by atoms with Gasteiger partial charge in [0.15, 0.2) is 0 Å². The monoisotopic (exact) mass is 401 g/mol. The van der Waals surface area contributed by atoms with Crippen molar-refractivity contribution in [3.8, 4) is 0 Å². The van der Waals surface area contributed by atoms with Crippen LogP contribution in [0, 0.1) is 0 Å². The molecule has 2 aromatic rings. The van der Waals surface area contributed by atoms with E-state index in [1.54, 1.807) is 5.32 Å². The number of halogens is 4. The highest BCUT2D eigenvalue weighted by Gasteiger charge is 2.63. The maximum atomic E-state index is 14.0. The van der Waals surface area contributed by atoms with E-state index in [2.05, 4.69) is 9.72 Å². The lowest BCUT2D eigenvalue weighted by Crippen LogP contribution is -2.69. The number of nitrogens with zero attached hydrogens (tertiary/aromatic N) is 1. The van der Waals surface area contributed by atoms with Crippen molar-refractivity contribution in [2.24, 2.45) is 0 Å². The zero-order valence-corrected chi connectivity index (χ0v) is 14.8. The Morgan fingerprint density at radius 1 is 1.22 bits per heavy atom. The molecule has 2 rings (SSSR count). The van der Waals surface area contributed by atoms with Crippen LogP contribution in [0.3, 0.4) is 0 Å². The number of nitrogens with one attached hydrogen (secondary N) is 2. The summed E-state index contributed by atoms with van der Waals surface area (Å²) < 4.78 is 46.5. The van der Waals surface area contributed by atoms with Crippen molar-refractivity contribution in [3.05, 3.63) is 59.4 Å². The average molecular weight is 402 g/mol. The van der Waals surface area contributed by atoms with E-state index in [0.717, 1.165) is 6.20 Å². The Bertz CT molecular complexity index is 818. The summed E-state index contributed by atoms with van der Waals surface area (Å²) in [4.78, 5) is 28.3. The van der Waals surface area contributed by atoms with Crippen molar-refractivity contribution in [1.29, 1.82) is 0 Å². The van der Waals surface area contributed by atoms with Crippen molar-refractivity contribution < 1.29 is 27.5 Å². The Balaban J connectivity index is 2.50. The molecule has 1 aromatic carbocycles. The summed E-state index contributed by atoms with van der Waals surface area (Å²) in [5, 5.41) is 3.87. The van der Waals surface area contributed by atoms with Crippen LogP contribution in [0.25, 0.3) is 0 Å². The minimum absolute atomic E-state index is 0.138. The summed E-state index contributed by atoms with van der Waals surface area (Å²) in [5.74, 6) is -2.88. The van der Waals surface area contributed by atoms with E-state index in [9.17, 15) is 22.8 Å². The van der Waals surface area contributed by atoms with E-state index in [1.165, 1.54) is 49.5 Å². The molecule has 0 spiro atoms. The normalized spacial score (nSPS) is 13.4. The molecule has 144 valence electrons. The van der Waals surface area contributed by atoms with Crippen molar-refractivity contribution in [3.63, 3.8) is 0 Å². The molecule has 1 aromatic heterocycles. The van der Waals surface area contributed by atoms with Gasteiger partial charge in [0.25, 0.3) is 5.91 Å². The van der Waals surface area contributed by atoms with E-state index < -0.39 is 23.7 Å². The number of amides is 1. The number of aromatic nitrogens is 1. The fourth-order valence-electron chi connectivity index (χ4n) is 2.15. The van der Waals surface area contributed by atoms with E-state index in [1.807, 2.05) is 5.32 Å². The van der Waals surface area contributed by atoms with Crippen LogP contribution in [0.1, 0.15) is 17.3 Å². The van der Waals surface area contributed by atoms with Crippen molar-refractivity contribution in [2.45, 2.75) is 18.8 Å². The summed E-state index contributed by atoms with van der Waals surface area (Å²) in [6, 6.07) is 7.91. The Kier molecular flexibility index (Phi) is 6.27. The number of carbonyl (C=O) groups excluding carboxylic acids is 2. The standard InChI is InChI=1S/C17H15ClF3N3O3/c1-2-27-15(26)16(17(19,20)21,23-13-7-3-6-12(18)9-13)24-14(25)11-5-4-8-22-10-11/h3-10,23H,2H2,1H3,(H,24,25). The van der Waals surface area contributed by atoms with Gasteiger partial charge in [-0.3, -0.25) is 9.78 Å². The molecule has 0 fully saturated rings. The molecule has 1 unspecified atom stereocenters. The Labute approximate surface area is 157 Å². The van der Waals surface area contributed by atoms with Crippen LogP contribution in [-0.2, 0) is 9.53 Å². The Morgan fingerprint density at radius 2 is 1.96 bits per heavy atom. The minimum Gasteiger partial charge on any atom is -0.463 e. The fourth-order valence-corrected chi connectivity index (χ4v) is 2.34. The number of hydrogen-bond acceptors (Lipinski definition) is 5. The number of rotatable bonds is 6. The summed E-state index contributed by atoms with van der Waals surface area (Å²) >= 11 is 5.80. The van der Waals surface area contributed by atoms with Crippen molar-refractivity contribution in [2.75, 3.05) is 11.9 Å². The smallest absolute Gasteiger partial charge is 0.441 e. The molecule has 6 nitrogen and oxygen atoms in total. The number of carbonyl (C=O) groups is 2. The first-order chi connectivity index (χ1) is 12.7. The largest absolute Gasteiger partial charge is 0.463 e. The highest BCUT2D eigenvalue weighted by atomic mass is 35.5. The summed E-state index contributed by atoms with van der Waals surface area (Å²) in [6.07, 6.45) is -2.82. The molecule has 0 radical (unpaired) electrons. The molecule has 1 amide bonds. The highest BCUT2D eigenvalue weighted by molar-refractivity contribution is 6.30. The van der Waals surface area contributed by atoms with E-state index in [-0.39, 0.29) is 22.9 Å². The van der Waals surface area contributed by atoms with Crippen molar-refractivity contribution in [1.82, 2.24) is 10.3 Å². The maximum absolute atomic E-state index is 14.0. The minimum atomic E-state index is -5.24. The van der Waals surface area contributed by atoms with E-state index in [0.29, 0.717) is 0 Å². The first-order valence-corrected chi connectivity index (χ1v) is 8.07. The molecule has 27 heavy (non-hydrogen) atoms. The highest BCUT2D eigenvalue weighted by Crippen LogP contribution is 2.34. The predicted molar refractivity (Wildman–Crippen MR) is 92.2 cm³/mol. The molecule has 0 aliphatic heterocycles. The lowest BCUT2D eigenvalue weighted by Gasteiger charge is -2.35. The van der Waals surface area contributed by atoms with Gasteiger partial charge in [-0.15, -0.1) is 0 Å². The number of ether oxygens (including phenoxy) is 1.